The molecule has 3 rings (SSSR count). The molecule has 0 aliphatic carbocycles. The Kier molecular flexibility index (Phi) is 3.21. The summed E-state index contributed by atoms with van der Waals surface area (Å²) in [6.45, 7) is 2.00. The molecule has 0 spiro atoms. The van der Waals surface area contributed by atoms with E-state index in [1.807, 2.05) is 48.1 Å². The van der Waals surface area contributed by atoms with Crippen molar-refractivity contribution in [1.29, 1.82) is 0 Å². The first-order chi connectivity index (χ1) is 8.24. The summed E-state index contributed by atoms with van der Waals surface area (Å²) in [5, 5.41) is 0. The molecule has 0 saturated carbocycles. The lowest BCUT2D eigenvalue weighted by atomic mass is 10.1. The summed E-state index contributed by atoms with van der Waals surface area (Å²) in [7, 11) is 0. The Hall–Kier alpha value is -2.07. The second-order valence-electron chi connectivity index (χ2n) is 4.04. The van der Waals surface area contributed by atoms with Gasteiger partial charge in [-0.2, -0.15) is 0 Å². The number of hydrogen-bond acceptors (Lipinski definition) is 3. The third-order valence-corrected chi connectivity index (χ3v) is 2.81. The van der Waals surface area contributed by atoms with E-state index >= 15 is 0 Å². The number of aryl methyl sites for hydroxylation is 1. The zero-order valence-corrected chi connectivity index (χ0v) is 10.7. The van der Waals surface area contributed by atoms with Crippen molar-refractivity contribution < 1.29 is 0 Å². The van der Waals surface area contributed by atoms with Crippen LogP contribution in [0.25, 0.3) is 16.8 Å². The molecule has 0 aromatic carbocycles. The van der Waals surface area contributed by atoms with E-state index in [1.54, 1.807) is 6.20 Å². The molecule has 4 nitrogen and oxygen atoms in total. The van der Waals surface area contributed by atoms with Crippen LogP contribution in [0.1, 0.15) is 5.56 Å². The summed E-state index contributed by atoms with van der Waals surface area (Å²) in [4.78, 5) is 8.51. The van der Waals surface area contributed by atoms with Gasteiger partial charge in [0, 0.05) is 24.2 Å². The van der Waals surface area contributed by atoms with E-state index < -0.39 is 0 Å². The maximum absolute atomic E-state index is 5.71. The van der Waals surface area contributed by atoms with Gasteiger partial charge in [0.15, 0.2) is 0 Å². The van der Waals surface area contributed by atoms with Gasteiger partial charge in [-0.3, -0.25) is 4.98 Å². The fraction of sp³-hybridized carbons (Fsp3) is 0.0769. The molecular weight excluding hydrogens is 248 g/mol. The van der Waals surface area contributed by atoms with Crippen LogP contribution in [0, 0.1) is 6.92 Å². The molecule has 0 saturated heterocycles. The van der Waals surface area contributed by atoms with Crippen LogP contribution in [0.5, 0.6) is 0 Å². The Balaban J connectivity index is 0.00000120. The minimum atomic E-state index is 0. The van der Waals surface area contributed by atoms with Crippen molar-refractivity contribution >= 4 is 23.7 Å². The van der Waals surface area contributed by atoms with Crippen LogP contribution in [-0.4, -0.2) is 14.4 Å². The highest BCUT2D eigenvalue weighted by Gasteiger charge is 2.05. The summed E-state index contributed by atoms with van der Waals surface area (Å²) >= 11 is 0. The summed E-state index contributed by atoms with van der Waals surface area (Å²) in [6, 6.07) is 5.87. The average molecular weight is 261 g/mol. The molecular formula is C13H13ClN4. The fourth-order valence-corrected chi connectivity index (χ4v) is 1.89. The molecule has 92 valence electrons. The smallest absolute Gasteiger partial charge is 0.123 e. The first-order valence-electron chi connectivity index (χ1n) is 5.39. The molecule has 0 bridgehead atoms. The van der Waals surface area contributed by atoms with Gasteiger partial charge in [0.25, 0.3) is 0 Å². The van der Waals surface area contributed by atoms with E-state index in [9.17, 15) is 0 Å². The highest BCUT2D eigenvalue weighted by Crippen LogP contribution is 2.22. The van der Waals surface area contributed by atoms with Crippen LogP contribution in [0.4, 0.5) is 5.82 Å². The Bertz CT molecular complexity index is 690. The van der Waals surface area contributed by atoms with E-state index in [0.29, 0.717) is 5.82 Å². The van der Waals surface area contributed by atoms with Gasteiger partial charge in [0.1, 0.15) is 5.82 Å². The number of hydrogen-bond donors (Lipinski definition) is 1. The lowest BCUT2D eigenvalue weighted by Crippen LogP contribution is -1.95. The highest BCUT2D eigenvalue weighted by molar-refractivity contribution is 5.85. The number of anilines is 1. The minimum absolute atomic E-state index is 0. The molecule has 3 heterocycles. The molecule has 2 N–H and O–H groups in total. The Labute approximate surface area is 111 Å². The molecule has 0 atom stereocenters. The topological polar surface area (TPSA) is 56.2 Å². The van der Waals surface area contributed by atoms with Crippen molar-refractivity contribution in [2.75, 3.05) is 5.73 Å². The first kappa shape index (κ1) is 12.4. The van der Waals surface area contributed by atoms with E-state index in [1.165, 1.54) is 0 Å². The average Bonchev–Trinajstić information content (AvgIpc) is 2.79. The molecule has 3 aromatic heterocycles. The summed E-state index contributed by atoms with van der Waals surface area (Å²) in [5.41, 5.74) is 9.78. The van der Waals surface area contributed by atoms with Crippen LogP contribution in [0.2, 0.25) is 0 Å². The van der Waals surface area contributed by atoms with Crippen LogP contribution < -0.4 is 5.73 Å². The summed E-state index contributed by atoms with van der Waals surface area (Å²) < 4.78 is 2.04. The summed E-state index contributed by atoms with van der Waals surface area (Å²) in [5.74, 6) is 0.514. The van der Waals surface area contributed by atoms with Gasteiger partial charge in [0.05, 0.1) is 17.4 Å². The normalized spacial score (nSPS) is 10.3. The van der Waals surface area contributed by atoms with Gasteiger partial charge in [-0.1, -0.05) is 0 Å². The Morgan fingerprint density at radius 3 is 2.89 bits per heavy atom. The number of rotatable bonds is 1. The number of aromatic nitrogens is 3. The zero-order chi connectivity index (χ0) is 11.8. The van der Waals surface area contributed by atoms with Crippen LogP contribution in [0.3, 0.4) is 0 Å². The predicted octanol–water partition coefficient (Wildman–Crippen LogP) is 2.71. The Morgan fingerprint density at radius 1 is 1.22 bits per heavy atom. The molecule has 0 aliphatic rings. The van der Waals surface area contributed by atoms with Gasteiger partial charge in [0.2, 0.25) is 0 Å². The van der Waals surface area contributed by atoms with Crippen molar-refractivity contribution in [1.82, 2.24) is 14.4 Å². The van der Waals surface area contributed by atoms with Crippen molar-refractivity contribution in [2.45, 2.75) is 6.92 Å². The van der Waals surface area contributed by atoms with Crippen molar-refractivity contribution in [3.63, 3.8) is 0 Å². The lowest BCUT2D eigenvalue weighted by Gasteiger charge is -2.06. The number of fused-ring (bicyclic) bond motifs is 1. The number of halogens is 1. The molecule has 0 amide bonds. The number of pyridine rings is 1. The van der Waals surface area contributed by atoms with Gasteiger partial charge >= 0.3 is 0 Å². The number of nitrogens with zero attached hydrogens (tertiary/aromatic N) is 3. The van der Waals surface area contributed by atoms with Gasteiger partial charge in [-0.15, -0.1) is 12.4 Å². The summed E-state index contributed by atoms with van der Waals surface area (Å²) in [6.07, 6.45) is 7.62. The monoisotopic (exact) mass is 260 g/mol. The molecule has 0 unspecified atom stereocenters. The second kappa shape index (κ2) is 4.66. The zero-order valence-electron chi connectivity index (χ0n) is 9.87. The first-order valence-corrected chi connectivity index (χ1v) is 5.39. The minimum Gasteiger partial charge on any atom is -0.384 e. The van der Waals surface area contributed by atoms with Crippen LogP contribution in [0.15, 0.2) is 43.0 Å². The second-order valence-corrected chi connectivity index (χ2v) is 4.04. The van der Waals surface area contributed by atoms with Crippen molar-refractivity contribution in [2.24, 2.45) is 0 Å². The van der Waals surface area contributed by atoms with Crippen molar-refractivity contribution in [3.05, 3.63) is 48.5 Å². The van der Waals surface area contributed by atoms with Crippen LogP contribution in [-0.2, 0) is 0 Å². The van der Waals surface area contributed by atoms with E-state index in [-0.39, 0.29) is 12.4 Å². The molecule has 18 heavy (non-hydrogen) atoms. The molecule has 0 fully saturated rings. The highest BCUT2D eigenvalue weighted by atomic mass is 35.5. The predicted molar refractivity (Wildman–Crippen MR) is 74.8 cm³/mol. The maximum atomic E-state index is 5.71. The number of nitrogens with two attached hydrogens (primary N) is 1. The van der Waals surface area contributed by atoms with Gasteiger partial charge in [-0.25, -0.2) is 4.98 Å². The number of nitrogen functional groups attached to an aromatic ring is 1. The lowest BCUT2D eigenvalue weighted by molar-refractivity contribution is 1.14. The molecule has 3 aromatic rings. The third-order valence-electron chi connectivity index (χ3n) is 2.81. The maximum Gasteiger partial charge on any atom is 0.123 e. The largest absolute Gasteiger partial charge is 0.384 e. The molecule has 0 aliphatic heterocycles. The van der Waals surface area contributed by atoms with E-state index in [2.05, 4.69) is 9.97 Å². The standard InChI is InChI=1S/C13H12N4.ClH/c1-9-6-16-13(14)5-11(9)12-8-17-4-2-3-10(17)7-15-12;/h2-8H,1H3,(H2,14,16);1H. The van der Waals surface area contributed by atoms with Crippen molar-refractivity contribution in [3.8, 4) is 11.3 Å². The van der Waals surface area contributed by atoms with E-state index in [4.69, 9.17) is 5.73 Å². The van der Waals surface area contributed by atoms with E-state index in [0.717, 1.165) is 22.3 Å². The van der Waals surface area contributed by atoms with Crippen LogP contribution >= 0.6 is 12.4 Å². The third kappa shape index (κ3) is 2.02. The Morgan fingerprint density at radius 2 is 2.06 bits per heavy atom. The van der Waals surface area contributed by atoms with Gasteiger partial charge < -0.3 is 10.1 Å². The molecule has 5 heteroatoms. The molecule has 0 radical (unpaired) electrons. The van der Waals surface area contributed by atoms with Gasteiger partial charge in [-0.05, 0) is 30.7 Å². The fourth-order valence-electron chi connectivity index (χ4n) is 1.89. The quantitative estimate of drug-likeness (QED) is 0.732. The SMILES string of the molecule is Cc1cnc(N)cc1-c1cn2cccc2cn1.Cl.